The highest BCUT2D eigenvalue weighted by Gasteiger charge is 2.02. The van der Waals surface area contributed by atoms with Gasteiger partial charge in [-0.2, -0.15) is 0 Å². The number of hydrogen-bond donors (Lipinski definition) is 2. The van der Waals surface area contributed by atoms with E-state index in [1.165, 1.54) is 12.0 Å². The molecule has 0 amide bonds. The lowest BCUT2D eigenvalue weighted by Crippen LogP contribution is -2.24. The van der Waals surface area contributed by atoms with Crippen LogP contribution < -0.4 is 11.1 Å². The van der Waals surface area contributed by atoms with Crippen LogP contribution in [0.15, 0.2) is 29.0 Å². The summed E-state index contributed by atoms with van der Waals surface area (Å²) in [6, 6.07) is 6.17. The van der Waals surface area contributed by atoms with Gasteiger partial charge in [-0.25, -0.2) is 4.98 Å². The van der Waals surface area contributed by atoms with Gasteiger partial charge in [0.05, 0.1) is 0 Å². The van der Waals surface area contributed by atoms with Gasteiger partial charge in [-0.05, 0) is 56.1 Å². The average Bonchev–Trinajstić information content (AvgIpc) is 2.82. The standard InChI is InChI=1S/C14H21N3O/c1-11(4-6-15)9-16-7-5-12-2-3-13-14(8-12)18-10-17-13/h2-3,8,10-11,16H,4-7,9,15H2,1H3. The SMILES string of the molecule is CC(CCN)CNCCc1ccc2ncoc2c1. The van der Waals surface area contributed by atoms with E-state index in [1.807, 2.05) is 6.07 Å². The van der Waals surface area contributed by atoms with Crippen LogP contribution in [0.4, 0.5) is 0 Å². The van der Waals surface area contributed by atoms with E-state index in [0.717, 1.165) is 43.6 Å². The molecule has 0 aliphatic heterocycles. The van der Waals surface area contributed by atoms with Gasteiger partial charge >= 0.3 is 0 Å². The molecule has 18 heavy (non-hydrogen) atoms. The molecule has 4 heteroatoms. The van der Waals surface area contributed by atoms with Crippen LogP contribution in [0.2, 0.25) is 0 Å². The molecule has 1 heterocycles. The topological polar surface area (TPSA) is 64.1 Å². The molecule has 0 saturated carbocycles. The lowest BCUT2D eigenvalue weighted by atomic mass is 10.1. The van der Waals surface area contributed by atoms with Crippen molar-refractivity contribution in [3.8, 4) is 0 Å². The monoisotopic (exact) mass is 247 g/mol. The predicted molar refractivity (Wildman–Crippen MR) is 73.4 cm³/mol. The third-order valence-corrected chi connectivity index (χ3v) is 3.14. The molecular formula is C14H21N3O. The molecule has 0 bridgehead atoms. The number of nitrogens with zero attached hydrogens (tertiary/aromatic N) is 1. The first-order chi connectivity index (χ1) is 8.79. The number of oxazole rings is 1. The average molecular weight is 247 g/mol. The Balaban J connectivity index is 1.76. The van der Waals surface area contributed by atoms with Crippen LogP contribution in [-0.2, 0) is 6.42 Å². The second-order valence-electron chi connectivity index (χ2n) is 4.79. The van der Waals surface area contributed by atoms with E-state index in [1.54, 1.807) is 0 Å². The van der Waals surface area contributed by atoms with Gasteiger partial charge in [-0.1, -0.05) is 13.0 Å². The Labute approximate surface area is 108 Å². The summed E-state index contributed by atoms with van der Waals surface area (Å²) in [5.74, 6) is 0.645. The van der Waals surface area contributed by atoms with Gasteiger partial charge in [0.2, 0.25) is 0 Å². The highest BCUT2D eigenvalue weighted by atomic mass is 16.3. The second kappa shape index (κ2) is 6.52. The van der Waals surface area contributed by atoms with E-state index >= 15 is 0 Å². The molecule has 2 rings (SSSR count). The highest BCUT2D eigenvalue weighted by Crippen LogP contribution is 2.14. The zero-order valence-electron chi connectivity index (χ0n) is 10.9. The highest BCUT2D eigenvalue weighted by molar-refractivity contribution is 5.72. The summed E-state index contributed by atoms with van der Waals surface area (Å²) in [6.07, 6.45) is 3.57. The van der Waals surface area contributed by atoms with Gasteiger partial charge in [-0.15, -0.1) is 0 Å². The van der Waals surface area contributed by atoms with E-state index in [-0.39, 0.29) is 0 Å². The molecule has 4 nitrogen and oxygen atoms in total. The maximum absolute atomic E-state index is 5.52. The minimum Gasteiger partial charge on any atom is -0.443 e. The zero-order valence-corrected chi connectivity index (χ0v) is 10.9. The maximum atomic E-state index is 5.52. The summed E-state index contributed by atoms with van der Waals surface area (Å²) in [5.41, 5.74) is 8.58. The first kappa shape index (κ1) is 13.1. The molecule has 1 aromatic carbocycles. The Kier molecular flexibility index (Phi) is 4.73. The van der Waals surface area contributed by atoms with Crippen LogP contribution in [0.25, 0.3) is 11.1 Å². The Bertz CT molecular complexity index is 481. The number of fused-ring (bicyclic) bond motifs is 1. The number of benzene rings is 1. The number of nitrogens with one attached hydrogen (secondary N) is 1. The Morgan fingerprint density at radius 3 is 3.17 bits per heavy atom. The van der Waals surface area contributed by atoms with E-state index < -0.39 is 0 Å². The summed E-state index contributed by atoms with van der Waals surface area (Å²) >= 11 is 0. The molecule has 1 aromatic heterocycles. The van der Waals surface area contributed by atoms with Crippen molar-refractivity contribution in [3.63, 3.8) is 0 Å². The summed E-state index contributed by atoms with van der Waals surface area (Å²) < 4.78 is 5.29. The van der Waals surface area contributed by atoms with Crippen LogP contribution >= 0.6 is 0 Å². The molecule has 1 unspecified atom stereocenters. The van der Waals surface area contributed by atoms with Crippen molar-refractivity contribution < 1.29 is 4.42 Å². The van der Waals surface area contributed by atoms with Crippen LogP contribution in [-0.4, -0.2) is 24.6 Å². The van der Waals surface area contributed by atoms with Crippen LogP contribution in [0.3, 0.4) is 0 Å². The molecule has 0 aliphatic rings. The fraction of sp³-hybridized carbons (Fsp3) is 0.500. The normalized spacial score (nSPS) is 13.0. The molecule has 3 N–H and O–H groups in total. The Hall–Kier alpha value is -1.39. The van der Waals surface area contributed by atoms with Crippen molar-refractivity contribution in [2.45, 2.75) is 19.8 Å². The fourth-order valence-corrected chi connectivity index (χ4v) is 2.02. The lowest BCUT2D eigenvalue weighted by molar-refractivity contribution is 0.489. The number of rotatable bonds is 7. The largest absolute Gasteiger partial charge is 0.443 e. The third-order valence-electron chi connectivity index (χ3n) is 3.14. The molecule has 0 spiro atoms. The van der Waals surface area contributed by atoms with Crippen LogP contribution in [0.1, 0.15) is 18.9 Å². The number of aromatic nitrogens is 1. The summed E-state index contributed by atoms with van der Waals surface area (Å²) in [7, 11) is 0. The van der Waals surface area contributed by atoms with Gasteiger partial charge in [0.15, 0.2) is 12.0 Å². The number of hydrogen-bond acceptors (Lipinski definition) is 4. The fourth-order valence-electron chi connectivity index (χ4n) is 2.02. The first-order valence-electron chi connectivity index (χ1n) is 6.52. The molecule has 0 aliphatic carbocycles. The Morgan fingerprint density at radius 2 is 2.33 bits per heavy atom. The molecule has 0 radical (unpaired) electrons. The van der Waals surface area contributed by atoms with E-state index in [9.17, 15) is 0 Å². The van der Waals surface area contributed by atoms with Crippen molar-refractivity contribution in [1.82, 2.24) is 10.3 Å². The first-order valence-corrected chi connectivity index (χ1v) is 6.52. The molecular weight excluding hydrogens is 226 g/mol. The van der Waals surface area contributed by atoms with Gasteiger partial charge in [-0.3, -0.25) is 0 Å². The van der Waals surface area contributed by atoms with Gasteiger partial charge in [0.1, 0.15) is 5.52 Å². The van der Waals surface area contributed by atoms with Crippen LogP contribution in [0, 0.1) is 5.92 Å². The van der Waals surface area contributed by atoms with Gasteiger partial charge in [0, 0.05) is 0 Å². The van der Waals surface area contributed by atoms with Crippen molar-refractivity contribution in [2.75, 3.05) is 19.6 Å². The van der Waals surface area contributed by atoms with Crippen molar-refractivity contribution in [3.05, 3.63) is 30.2 Å². The minimum absolute atomic E-state index is 0.645. The van der Waals surface area contributed by atoms with Crippen molar-refractivity contribution in [1.29, 1.82) is 0 Å². The predicted octanol–water partition coefficient (Wildman–Crippen LogP) is 1.94. The molecule has 98 valence electrons. The molecule has 2 aromatic rings. The maximum Gasteiger partial charge on any atom is 0.181 e. The third kappa shape index (κ3) is 3.55. The van der Waals surface area contributed by atoms with E-state index in [4.69, 9.17) is 10.2 Å². The minimum atomic E-state index is 0.645. The molecule has 0 fully saturated rings. The van der Waals surface area contributed by atoms with Gasteiger partial charge in [0.25, 0.3) is 0 Å². The summed E-state index contributed by atoms with van der Waals surface area (Å²) in [4.78, 5) is 4.11. The summed E-state index contributed by atoms with van der Waals surface area (Å²) in [5, 5.41) is 3.46. The summed E-state index contributed by atoms with van der Waals surface area (Å²) in [6.45, 7) is 5.00. The van der Waals surface area contributed by atoms with Crippen LogP contribution in [0.5, 0.6) is 0 Å². The van der Waals surface area contributed by atoms with Gasteiger partial charge < -0.3 is 15.5 Å². The van der Waals surface area contributed by atoms with Crippen molar-refractivity contribution >= 4 is 11.1 Å². The number of nitrogens with two attached hydrogens (primary N) is 1. The Morgan fingerprint density at radius 1 is 1.44 bits per heavy atom. The molecule has 1 atom stereocenters. The molecule has 0 saturated heterocycles. The quantitative estimate of drug-likeness (QED) is 0.734. The lowest BCUT2D eigenvalue weighted by Gasteiger charge is -2.11. The smallest absolute Gasteiger partial charge is 0.181 e. The zero-order chi connectivity index (χ0) is 12.8. The van der Waals surface area contributed by atoms with E-state index in [2.05, 4.69) is 29.4 Å². The van der Waals surface area contributed by atoms with E-state index in [0.29, 0.717) is 5.92 Å². The van der Waals surface area contributed by atoms with Crippen molar-refractivity contribution in [2.24, 2.45) is 11.7 Å². The second-order valence-corrected chi connectivity index (χ2v) is 4.79.